The molecule has 0 aromatic heterocycles. The second kappa shape index (κ2) is 5.57. The molecule has 1 aromatic carbocycles. The van der Waals surface area contributed by atoms with Crippen molar-refractivity contribution in [1.82, 2.24) is 4.90 Å². The average Bonchev–Trinajstić information content (AvgIpc) is 3.08. The first kappa shape index (κ1) is 13.6. The van der Waals surface area contributed by atoms with Crippen molar-refractivity contribution in [2.45, 2.75) is 51.2 Å². The van der Waals surface area contributed by atoms with Gasteiger partial charge in [0.25, 0.3) is 0 Å². The van der Waals surface area contributed by atoms with Crippen LogP contribution in [0.5, 0.6) is 0 Å². The van der Waals surface area contributed by atoms with E-state index in [1.165, 1.54) is 18.4 Å². The highest BCUT2D eigenvalue weighted by Gasteiger charge is 2.51. The number of carbonyl (C=O) groups excluding carboxylic acids is 1. The van der Waals surface area contributed by atoms with Crippen molar-refractivity contribution >= 4 is 5.97 Å². The Bertz CT molecular complexity index is 473. The van der Waals surface area contributed by atoms with Crippen LogP contribution in [-0.4, -0.2) is 29.6 Å². The number of carbonyl (C=O) groups is 1. The molecule has 3 heteroatoms. The van der Waals surface area contributed by atoms with Gasteiger partial charge >= 0.3 is 5.97 Å². The van der Waals surface area contributed by atoms with E-state index >= 15 is 0 Å². The van der Waals surface area contributed by atoms with Gasteiger partial charge in [-0.25, -0.2) is 0 Å². The molecule has 2 fully saturated rings. The predicted octanol–water partition coefficient (Wildman–Crippen LogP) is 3.16. The molecule has 1 unspecified atom stereocenters. The SMILES string of the molecule is CCOC(=O)[C@@H]1[C@H]2CC[C@@H](C2)N1C(C)c1ccccc1. The van der Waals surface area contributed by atoms with E-state index < -0.39 is 0 Å². The molecule has 3 nitrogen and oxygen atoms in total. The molecule has 3 rings (SSSR count). The lowest BCUT2D eigenvalue weighted by molar-refractivity contribution is -0.152. The number of ether oxygens (including phenoxy) is 1. The molecule has 1 aliphatic heterocycles. The van der Waals surface area contributed by atoms with Crippen LogP contribution in [0.4, 0.5) is 0 Å². The Hall–Kier alpha value is -1.35. The van der Waals surface area contributed by atoms with E-state index in [-0.39, 0.29) is 18.1 Å². The number of piperidine rings is 1. The van der Waals surface area contributed by atoms with Crippen LogP contribution < -0.4 is 0 Å². The predicted molar refractivity (Wildman–Crippen MR) is 78.2 cm³/mol. The first-order chi connectivity index (χ1) is 9.72. The summed E-state index contributed by atoms with van der Waals surface area (Å²) in [5.41, 5.74) is 1.29. The monoisotopic (exact) mass is 273 g/mol. The zero-order chi connectivity index (χ0) is 14.1. The average molecular weight is 273 g/mol. The molecule has 108 valence electrons. The molecule has 20 heavy (non-hydrogen) atoms. The number of nitrogens with zero attached hydrogens (tertiary/aromatic N) is 1. The second-order valence-electron chi connectivity index (χ2n) is 5.96. The van der Waals surface area contributed by atoms with Crippen LogP contribution in [0.15, 0.2) is 30.3 Å². The fourth-order valence-electron chi connectivity index (χ4n) is 4.02. The lowest BCUT2D eigenvalue weighted by Crippen LogP contribution is -2.47. The van der Waals surface area contributed by atoms with Gasteiger partial charge in [-0.05, 0) is 44.6 Å². The van der Waals surface area contributed by atoms with Gasteiger partial charge < -0.3 is 4.74 Å². The number of likely N-dealkylation sites (tertiary alicyclic amines) is 1. The van der Waals surface area contributed by atoms with Crippen LogP contribution in [0.2, 0.25) is 0 Å². The highest BCUT2D eigenvalue weighted by atomic mass is 16.5. The third-order valence-corrected chi connectivity index (χ3v) is 4.89. The summed E-state index contributed by atoms with van der Waals surface area (Å²) in [5.74, 6) is 0.465. The number of hydrogen-bond donors (Lipinski definition) is 0. The maximum Gasteiger partial charge on any atom is 0.323 e. The topological polar surface area (TPSA) is 29.5 Å². The van der Waals surface area contributed by atoms with Crippen molar-refractivity contribution in [1.29, 1.82) is 0 Å². The van der Waals surface area contributed by atoms with Crippen molar-refractivity contribution in [2.75, 3.05) is 6.61 Å². The maximum absolute atomic E-state index is 12.3. The number of benzene rings is 1. The minimum absolute atomic E-state index is 0.0255. The molecule has 0 spiro atoms. The third kappa shape index (κ3) is 2.24. The van der Waals surface area contributed by atoms with Crippen LogP contribution in [-0.2, 0) is 9.53 Å². The van der Waals surface area contributed by atoms with E-state index in [4.69, 9.17) is 4.74 Å². The normalized spacial score (nSPS) is 30.4. The molecule has 1 heterocycles. The number of esters is 1. The number of fused-ring (bicyclic) bond motifs is 2. The summed E-state index contributed by atoms with van der Waals surface area (Å²) in [7, 11) is 0. The van der Waals surface area contributed by atoms with Crippen LogP contribution in [0.25, 0.3) is 0 Å². The van der Waals surface area contributed by atoms with Gasteiger partial charge in [-0.2, -0.15) is 0 Å². The van der Waals surface area contributed by atoms with E-state index in [9.17, 15) is 4.79 Å². The van der Waals surface area contributed by atoms with Gasteiger partial charge in [0.15, 0.2) is 0 Å². The zero-order valence-electron chi connectivity index (χ0n) is 12.3. The molecule has 0 amide bonds. The van der Waals surface area contributed by atoms with Crippen LogP contribution >= 0.6 is 0 Å². The largest absolute Gasteiger partial charge is 0.465 e. The van der Waals surface area contributed by atoms with Crippen molar-refractivity contribution in [3.8, 4) is 0 Å². The van der Waals surface area contributed by atoms with Gasteiger partial charge in [0.2, 0.25) is 0 Å². The van der Waals surface area contributed by atoms with Gasteiger partial charge in [-0.3, -0.25) is 9.69 Å². The Morgan fingerprint density at radius 2 is 2.10 bits per heavy atom. The third-order valence-electron chi connectivity index (χ3n) is 4.89. The maximum atomic E-state index is 12.3. The smallest absolute Gasteiger partial charge is 0.323 e. The fourth-order valence-corrected chi connectivity index (χ4v) is 4.02. The summed E-state index contributed by atoms with van der Waals surface area (Å²) >= 11 is 0. The van der Waals surface area contributed by atoms with Crippen LogP contribution in [0.1, 0.15) is 44.7 Å². The van der Waals surface area contributed by atoms with Crippen molar-refractivity contribution in [2.24, 2.45) is 5.92 Å². The molecule has 1 saturated carbocycles. The summed E-state index contributed by atoms with van der Waals surface area (Å²) in [6.45, 7) is 4.57. The number of rotatable bonds is 4. The standard InChI is InChI=1S/C17H23NO2/c1-3-20-17(19)16-14-9-10-15(11-14)18(16)12(2)13-7-5-4-6-8-13/h4-8,12,14-16H,3,9-11H2,1-2H3/t12?,14-,15-,16-/m0/s1. The summed E-state index contributed by atoms with van der Waals surface area (Å²) < 4.78 is 5.31. The van der Waals surface area contributed by atoms with Crippen LogP contribution in [0, 0.1) is 5.92 Å². The Balaban J connectivity index is 1.84. The van der Waals surface area contributed by atoms with Gasteiger partial charge in [-0.1, -0.05) is 30.3 Å². The number of hydrogen-bond acceptors (Lipinski definition) is 3. The first-order valence-corrected chi connectivity index (χ1v) is 7.71. The Kier molecular flexibility index (Phi) is 3.79. The zero-order valence-corrected chi connectivity index (χ0v) is 12.3. The highest BCUT2D eigenvalue weighted by Crippen LogP contribution is 2.46. The van der Waals surface area contributed by atoms with Gasteiger partial charge in [0.05, 0.1) is 6.61 Å². The van der Waals surface area contributed by atoms with Gasteiger partial charge in [-0.15, -0.1) is 0 Å². The van der Waals surface area contributed by atoms with Crippen molar-refractivity contribution < 1.29 is 9.53 Å². The molecule has 4 atom stereocenters. The van der Waals surface area contributed by atoms with E-state index in [0.29, 0.717) is 18.6 Å². The van der Waals surface area contributed by atoms with Crippen LogP contribution in [0.3, 0.4) is 0 Å². The molecular weight excluding hydrogens is 250 g/mol. The Morgan fingerprint density at radius 3 is 2.80 bits per heavy atom. The summed E-state index contributed by atoms with van der Waals surface area (Å²) in [5, 5.41) is 0. The van der Waals surface area contributed by atoms with E-state index in [0.717, 1.165) is 6.42 Å². The van der Waals surface area contributed by atoms with Gasteiger partial charge in [0, 0.05) is 12.1 Å². The summed E-state index contributed by atoms with van der Waals surface area (Å²) in [4.78, 5) is 14.7. The minimum atomic E-state index is -0.0380. The summed E-state index contributed by atoms with van der Waals surface area (Å²) in [6.07, 6.45) is 3.55. The fraction of sp³-hybridized carbons (Fsp3) is 0.588. The molecule has 0 radical (unpaired) electrons. The lowest BCUT2D eigenvalue weighted by Gasteiger charge is -2.38. The minimum Gasteiger partial charge on any atom is -0.465 e. The van der Waals surface area contributed by atoms with Gasteiger partial charge in [0.1, 0.15) is 6.04 Å². The van der Waals surface area contributed by atoms with Crippen molar-refractivity contribution in [3.05, 3.63) is 35.9 Å². The molecule has 2 aliphatic rings. The lowest BCUT2D eigenvalue weighted by atomic mass is 9.96. The molecule has 2 bridgehead atoms. The molecular formula is C17H23NO2. The molecule has 1 aromatic rings. The Morgan fingerprint density at radius 1 is 1.35 bits per heavy atom. The molecule has 1 saturated heterocycles. The first-order valence-electron chi connectivity index (χ1n) is 7.71. The highest BCUT2D eigenvalue weighted by molar-refractivity contribution is 5.77. The molecule has 1 aliphatic carbocycles. The Labute approximate surface area is 120 Å². The van der Waals surface area contributed by atoms with Crippen molar-refractivity contribution in [3.63, 3.8) is 0 Å². The van der Waals surface area contributed by atoms with E-state index in [2.05, 4.69) is 36.1 Å². The molecule has 0 N–H and O–H groups in total. The van der Waals surface area contributed by atoms with E-state index in [1.54, 1.807) is 0 Å². The van der Waals surface area contributed by atoms with E-state index in [1.807, 2.05) is 13.0 Å². The second-order valence-corrected chi connectivity index (χ2v) is 5.96. The quantitative estimate of drug-likeness (QED) is 0.789. The summed E-state index contributed by atoms with van der Waals surface area (Å²) in [6, 6.07) is 11.3.